The van der Waals surface area contributed by atoms with Gasteiger partial charge >= 0.3 is 0 Å². The Labute approximate surface area is 113 Å². The van der Waals surface area contributed by atoms with Crippen LogP contribution in [0.5, 0.6) is 0 Å². The highest BCUT2D eigenvalue weighted by molar-refractivity contribution is 5.22. The second-order valence-corrected chi connectivity index (χ2v) is 5.60. The molecule has 1 aromatic rings. The van der Waals surface area contributed by atoms with Crippen LogP contribution in [0.3, 0.4) is 0 Å². The molecule has 106 valence electrons. The maximum absolute atomic E-state index is 14.0. The summed E-state index contributed by atoms with van der Waals surface area (Å²) in [7, 11) is 0. The van der Waals surface area contributed by atoms with Crippen LogP contribution in [0.15, 0.2) is 18.2 Å². The predicted molar refractivity (Wildman–Crippen MR) is 73.0 cm³/mol. The lowest BCUT2D eigenvalue weighted by Crippen LogP contribution is -2.45. The molecule has 0 aromatic heterocycles. The second-order valence-electron chi connectivity index (χ2n) is 5.60. The summed E-state index contributed by atoms with van der Waals surface area (Å²) in [5.74, 6) is -0.214. The van der Waals surface area contributed by atoms with Crippen LogP contribution in [0.25, 0.3) is 0 Å². The molecular formula is C15H22F2N2. The first-order valence-electron chi connectivity index (χ1n) is 6.97. The molecule has 1 atom stereocenters. The van der Waals surface area contributed by atoms with Crippen molar-refractivity contribution in [2.24, 2.45) is 5.92 Å². The summed E-state index contributed by atoms with van der Waals surface area (Å²) in [6.07, 6.45) is 0.848. The van der Waals surface area contributed by atoms with Crippen molar-refractivity contribution in [1.82, 2.24) is 10.2 Å². The van der Waals surface area contributed by atoms with Crippen molar-refractivity contribution in [2.75, 3.05) is 26.2 Å². The van der Waals surface area contributed by atoms with Gasteiger partial charge in [-0.05, 0) is 30.5 Å². The smallest absolute Gasteiger partial charge is 0.128 e. The van der Waals surface area contributed by atoms with Gasteiger partial charge in [0.2, 0.25) is 0 Å². The van der Waals surface area contributed by atoms with Gasteiger partial charge in [0.1, 0.15) is 11.6 Å². The van der Waals surface area contributed by atoms with Crippen LogP contribution in [-0.2, 0) is 0 Å². The van der Waals surface area contributed by atoms with E-state index in [1.165, 1.54) is 18.2 Å². The van der Waals surface area contributed by atoms with E-state index in [1.54, 1.807) is 0 Å². The third kappa shape index (κ3) is 3.74. The summed E-state index contributed by atoms with van der Waals surface area (Å²) >= 11 is 0. The average molecular weight is 268 g/mol. The Morgan fingerprint density at radius 2 is 1.89 bits per heavy atom. The zero-order valence-corrected chi connectivity index (χ0v) is 11.6. The molecule has 1 saturated heterocycles. The van der Waals surface area contributed by atoms with Gasteiger partial charge in [0, 0.05) is 37.8 Å². The first kappa shape index (κ1) is 14.4. The largest absolute Gasteiger partial charge is 0.314 e. The molecular weight excluding hydrogens is 246 g/mol. The number of nitrogens with one attached hydrogen (secondary N) is 1. The fourth-order valence-electron chi connectivity index (χ4n) is 2.68. The van der Waals surface area contributed by atoms with Gasteiger partial charge in [0.25, 0.3) is 0 Å². The third-order valence-electron chi connectivity index (χ3n) is 3.60. The first-order chi connectivity index (χ1) is 9.08. The number of nitrogens with zero attached hydrogens (tertiary/aromatic N) is 1. The third-order valence-corrected chi connectivity index (χ3v) is 3.60. The lowest BCUT2D eigenvalue weighted by atomic mass is 9.94. The molecule has 1 heterocycles. The van der Waals surface area contributed by atoms with Gasteiger partial charge in [0.05, 0.1) is 0 Å². The van der Waals surface area contributed by atoms with E-state index in [0.29, 0.717) is 11.5 Å². The van der Waals surface area contributed by atoms with Crippen molar-refractivity contribution in [3.8, 4) is 0 Å². The number of hydrogen-bond donors (Lipinski definition) is 1. The summed E-state index contributed by atoms with van der Waals surface area (Å²) in [6, 6.07) is 3.74. The molecule has 0 spiro atoms. The van der Waals surface area contributed by atoms with Crippen molar-refractivity contribution in [2.45, 2.75) is 26.3 Å². The van der Waals surface area contributed by atoms with Crippen molar-refractivity contribution in [3.05, 3.63) is 35.4 Å². The molecule has 0 aliphatic carbocycles. The van der Waals surface area contributed by atoms with E-state index in [1.807, 2.05) is 0 Å². The van der Waals surface area contributed by atoms with Gasteiger partial charge in [-0.2, -0.15) is 0 Å². The molecule has 1 aliphatic heterocycles. The van der Waals surface area contributed by atoms with Crippen molar-refractivity contribution < 1.29 is 8.78 Å². The van der Waals surface area contributed by atoms with Crippen LogP contribution in [0.1, 0.15) is 31.9 Å². The summed E-state index contributed by atoms with van der Waals surface area (Å²) in [5, 5.41) is 3.29. The maximum atomic E-state index is 14.0. The van der Waals surface area contributed by atoms with Crippen LogP contribution in [0.2, 0.25) is 0 Å². The number of rotatable bonds is 4. The average Bonchev–Trinajstić information content (AvgIpc) is 2.40. The monoisotopic (exact) mass is 268 g/mol. The maximum Gasteiger partial charge on any atom is 0.128 e. The van der Waals surface area contributed by atoms with E-state index in [-0.39, 0.29) is 17.7 Å². The Morgan fingerprint density at radius 1 is 1.21 bits per heavy atom. The Bertz CT molecular complexity index is 415. The molecule has 0 amide bonds. The fraction of sp³-hybridized carbons (Fsp3) is 0.600. The molecule has 4 heteroatoms. The van der Waals surface area contributed by atoms with Gasteiger partial charge in [-0.25, -0.2) is 8.78 Å². The van der Waals surface area contributed by atoms with E-state index in [0.717, 1.165) is 32.6 Å². The topological polar surface area (TPSA) is 15.3 Å². The van der Waals surface area contributed by atoms with Crippen molar-refractivity contribution in [1.29, 1.82) is 0 Å². The van der Waals surface area contributed by atoms with Crippen LogP contribution in [0, 0.1) is 17.6 Å². The summed E-state index contributed by atoms with van der Waals surface area (Å²) < 4.78 is 27.4. The molecule has 1 N–H and O–H groups in total. The van der Waals surface area contributed by atoms with E-state index in [2.05, 4.69) is 24.1 Å². The lowest BCUT2D eigenvalue weighted by Gasteiger charge is -2.36. The van der Waals surface area contributed by atoms with Crippen molar-refractivity contribution >= 4 is 0 Å². The quantitative estimate of drug-likeness (QED) is 0.903. The van der Waals surface area contributed by atoms with Gasteiger partial charge in [-0.1, -0.05) is 13.8 Å². The van der Waals surface area contributed by atoms with Gasteiger partial charge in [-0.3, -0.25) is 4.90 Å². The van der Waals surface area contributed by atoms with Crippen LogP contribution in [0.4, 0.5) is 8.78 Å². The molecule has 19 heavy (non-hydrogen) atoms. The highest BCUT2D eigenvalue weighted by atomic mass is 19.1. The minimum atomic E-state index is -0.361. The number of benzene rings is 1. The van der Waals surface area contributed by atoms with Gasteiger partial charge in [-0.15, -0.1) is 0 Å². The summed E-state index contributed by atoms with van der Waals surface area (Å²) in [4.78, 5) is 2.26. The molecule has 1 aromatic carbocycles. The normalized spacial score (nSPS) is 18.8. The second kappa shape index (κ2) is 6.44. The Morgan fingerprint density at radius 3 is 2.53 bits per heavy atom. The van der Waals surface area contributed by atoms with Crippen molar-refractivity contribution in [3.63, 3.8) is 0 Å². The van der Waals surface area contributed by atoms with Crippen LogP contribution < -0.4 is 5.32 Å². The summed E-state index contributed by atoms with van der Waals surface area (Å²) in [6.45, 7) is 7.82. The van der Waals surface area contributed by atoms with Crippen LogP contribution in [-0.4, -0.2) is 31.1 Å². The minimum Gasteiger partial charge on any atom is -0.314 e. The van der Waals surface area contributed by atoms with Gasteiger partial charge in [0.15, 0.2) is 0 Å². The molecule has 0 bridgehead atoms. The standard InChI is InChI=1S/C15H22F2N2/c1-11(2)9-15(19-7-5-18-6-8-19)13-10-12(16)3-4-14(13)17/h3-4,10-11,15,18H,5-9H2,1-2H3/t15-/m1/s1. The molecule has 1 aliphatic rings. The number of piperazine rings is 1. The molecule has 2 rings (SSSR count). The van der Waals surface area contributed by atoms with E-state index < -0.39 is 0 Å². The zero-order chi connectivity index (χ0) is 13.8. The number of halogens is 2. The molecule has 2 nitrogen and oxygen atoms in total. The highest BCUT2D eigenvalue weighted by Crippen LogP contribution is 2.30. The molecule has 1 fully saturated rings. The van der Waals surface area contributed by atoms with E-state index in [4.69, 9.17) is 0 Å². The van der Waals surface area contributed by atoms with Crippen LogP contribution >= 0.6 is 0 Å². The molecule has 0 saturated carbocycles. The molecule has 0 unspecified atom stereocenters. The Hall–Kier alpha value is -1.00. The van der Waals surface area contributed by atoms with E-state index in [9.17, 15) is 8.78 Å². The Balaban J connectivity index is 2.27. The zero-order valence-electron chi connectivity index (χ0n) is 11.6. The SMILES string of the molecule is CC(C)C[C@H](c1cc(F)ccc1F)N1CCNCC1. The molecule has 0 radical (unpaired) electrons. The summed E-state index contributed by atoms with van der Waals surface area (Å²) in [5.41, 5.74) is 0.496. The lowest BCUT2D eigenvalue weighted by molar-refractivity contribution is 0.150. The fourth-order valence-corrected chi connectivity index (χ4v) is 2.68. The van der Waals surface area contributed by atoms with E-state index >= 15 is 0 Å². The highest BCUT2D eigenvalue weighted by Gasteiger charge is 2.25. The number of hydrogen-bond acceptors (Lipinski definition) is 2. The first-order valence-corrected chi connectivity index (χ1v) is 6.97. The minimum absolute atomic E-state index is 0.0298. The van der Waals surface area contributed by atoms with Gasteiger partial charge < -0.3 is 5.32 Å². The predicted octanol–water partition coefficient (Wildman–Crippen LogP) is 2.96. The Kier molecular flexibility index (Phi) is 4.88.